The molecule has 21 heavy (non-hydrogen) atoms. The van der Waals surface area contributed by atoms with E-state index in [0.717, 1.165) is 25.4 Å². The third-order valence-corrected chi connectivity index (χ3v) is 4.54. The zero-order valence-corrected chi connectivity index (χ0v) is 14.2. The van der Waals surface area contributed by atoms with Gasteiger partial charge in [0.2, 0.25) is 0 Å². The van der Waals surface area contributed by atoms with Gasteiger partial charge in [-0.25, -0.2) is 4.39 Å². The van der Waals surface area contributed by atoms with Crippen LogP contribution in [-0.2, 0) is 6.54 Å². The maximum Gasteiger partial charge on any atom is 0.129 e. The molecule has 106 valence electrons. The van der Waals surface area contributed by atoms with Crippen LogP contribution in [0.25, 0.3) is 10.8 Å². The van der Waals surface area contributed by atoms with Gasteiger partial charge >= 0.3 is 0 Å². The maximum atomic E-state index is 13.9. The third-order valence-electron chi connectivity index (χ3n) is 3.36. The Labute approximate surface area is 139 Å². The molecule has 4 heteroatoms. The van der Waals surface area contributed by atoms with Gasteiger partial charge in [-0.15, -0.1) is 0 Å². The van der Waals surface area contributed by atoms with Crippen molar-refractivity contribution >= 4 is 48.3 Å². The van der Waals surface area contributed by atoms with Crippen molar-refractivity contribution in [1.29, 1.82) is 0 Å². The van der Waals surface area contributed by atoms with Gasteiger partial charge in [-0.2, -0.15) is 0 Å². The molecule has 0 bridgehead atoms. The van der Waals surface area contributed by atoms with Crippen molar-refractivity contribution in [3.8, 4) is 0 Å². The summed E-state index contributed by atoms with van der Waals surface area (Å²) in [5, 5.41) is 5.57. The van der Waals surface area contributed by atoms with E-state index in [4.69, 9.17) is 0 Å². The molecule has 0 radical (unpaired) electrons. The summed E-state index contributed by atoms with van der Waals surface area (Å²) >= 11 is 6.82. The van der Waals surface area contributed by atoms with Gasteiger partial charge in [-0.1, -0.05) is 62.2 Å². The van der Waals surface area contributed by atoms with Crippen LogP contribution in [0.5, 0.6) is 0 Å². The second kappa shape index (κ2) is 6.16. The molecular weight excluding hydrogens is 397 g/mol. The summed E-state index contributed by atoms with van der Waals surface area (Å²) in [5.74, 6) is -0.210. The van der Waals surface area contributed by atoms with Gasteiger partial charge < -0.3 is 5.32 Å². The lowest BCUT2D eigenvalue weighted by molar-refractivity contribution is 0.612. The van der Waals surface area contributed by atoms with E-state index in [2.05, 4.69) is 49.3 Å². The molecule has 0 fully saturated rings. The van der Waals surface area contributed by atoms with Crippen molar-refractivity contribution in [2.75, 3.05) is 5.32 Å². The topological polar surface area (TPSA) is 12.0 Å². The van der Waals surface area contributed by atoms with Gasteiger partial charge in [0.15, 0.2) is 0 Å². The number of hydrogen-bond acceptors (Lipinski definition) is 1. The Morgan fingerprint density at radius 1 is 0.905 bits per heavy atom. The van der Waals surface area contributed by atoms with Gasteiger partial charge in [-0.3, -0.25) is 0 Å². The molecule has 0 saturated heterocycles. The fourth-order valence-corrected chi connectivity index (χ4v) is 3.08. The molecule has 0 aliphatic rings. The largest absolute Gasteiger partial charge is 0.380 e. The Hall–Kier alpha value is -1.39. The highest BCUT2D eigenvalue weighted by Crippen LogP contribution is 2.30. The molecule has 0 spiro atoms. The number of rotatable bonds is 3. The van der Waals surface area contributed by atoms with E-state index in [-0.39, 0.29) is 5.82 Å². The van der Waals surface area contributed by atoms with E-state index in [9.17, 15) is 4.39 Å². The van der Waals surface area contributed by atoms with E-state index in [1.54, 1.807) is 6.07 Å². The van der Waals surface area contributed by atoms with E-state index in [1.807, 2.05) is 30.3 Å². The molecule has 0 heterocycles. The standard InChI is InChI=1S/C17H12Br2FN/c18-12-6-5-11(16(20)9-12)10-21-17-8-7-15(19)13-3-1-2-4-14(13)17/h1-9,21H,10H2. The summed E-state index contributed by atoms with van der Waals surface area (Å²) < 4.78 is 15.7. The fourth-order valence-electron chi connectivity index (χ4n) is 2.27. The van der Waals surface area contributed by atoms with Gasteiger partial charge in [0.25, 0.3) is 0 Å². The molecule has 3 aromatic carbocycles. The molecule has 1 nitrogen and oxygen atoms in total. The van der Waals surface area contributed by atoms with E-state index in [1.165, 1.54) is 6.07 Å². The van der Waals surface area contributed by atoms with Gasteiger partial charge in [-0.05, 0) is 29.7 Å². The lowest BCUT2D eigenvalue weighted by Gasteiger charge is -2.11. The fraction of sp³-hybridized carbons (Fsp3) is 0.0588. The van der Waals surface area contributed by atoms with Crippen LogP contribution in [0, 0.1) is 5.82 Å². The first-order chi connectivity index (χ1) is 10.1. The smallest absolute Gasteiger partial charge is 0.129 e. The number of benzene rings is 3. The predicted molar refractivity (Wildman–Crippen MR) is 93.1 cm³/mol. The summed E-state index contributed by atoms with van der Waals surface area (Å²) in [6.45, 7) is 0.449. The lowest BCUT2D eigenvalue weighted by Crippen LogP contribution is -2.02. The number of fused-ring (bicyclic) bond motifs is 1. The Morgan fingerprint density at radius 2 is 1.67 bits per heavy atom. The minimum atomic E-state index is -0.210. The van der Waals surface area contributed by atoms with Crippen LogP contribution >= 0.6 is 31.9 Å². The predicted octanol–water partition coefficient (Wildman–Crippen LogP) is 6.12. The first-order valence-corrected chi connectivity index (χ1v) is 8.09. The zero-order chi connectivity index (χ0) is 14.8. The second-order valence-electron chi connectivity index (χ2n) is 4.73. The van der Waals surface area contributed by atoms with Gasteiger partial charge in [0.05, 0.1) is 0 Å². The quantitative estimate of drug-likeness (QED) is 0.550. The normalized spacial score (nSPS) is 10.8. The summed E-state index contributed by atoms with van der Waals surface area (Å²) in [6, 6.07) is 17.2. The lowest BCUT2D eigenvalue weighted by atomic mass is 10.1. The molecule has 0 saturated carbocycles. The van der Waals surface area contributed by atoms with Crippen molar-refractivity contribution in [2.24, 2.45) is 0 Å². The molecule has 0 unspecified atom stereocenters. The highest BCUT2D eigenvalue weighted by atomic mass is 79.9. The van der Waals surface area contributed by atoms with Crippen LogP contribution in [0.2, 0.25) is 0 Å². The number of nitrogens with one attached hydrogen (secondary N) is 1. The van der Waals surface area contributed by atoms with Crippen molar-refractivity contribution in [1.82, 2.24) is 0 Å². The minimum absolute atomic E-state index is 0.210. The maximum absolute atomic E-state index is 13.9. The summed E-state index contributed by atoms with van der Waals surface area (Å²) in [5.41, 5.74) is 1.64. The van der Waals surface area contributed by atoms with E-state index >= 15 is 0 Å². The van der Waals surface area contributed by atoms with E-state index < -0.39 is 0 Å². The van der Waals surface area contributed by atoms with Crippen LogP contribution in [-0.4, -0.2) is 0 Å². The van der Waals surface area contributed by atoms with E-state index in [0.29, 0.717) is 12.1 Å². The average molecular weight is 409 g/mol. The summed E-state index contributed by atoms with van der Waals surface area (Å²) in [7, 11) is 0. The molecule has 0 amide bonds. The third kappa shape index (κ3) is 3.11. The second-order valence-corrected chi connectivity index (χ2v) is 6.50. The Kier molecular flexibility index (Phi) is 4.27. The SMILES string of the molecule is Fc1cc(Br)ccc1CNc1ccc(Br)c2ccccc12. The average Bonchev–Trinajstić information content (AvgIpc) is 2.48. The molecule has 0 aliphatic carbocycles. The first-order valence-electron chi connectivity index (χ1n) is 6.50. The van der Waals surface area contributed by atoms with Crippen molar-refractivity contribution < 1.29 is 4.39 Å². The van der Waals surface area contributed by atoms with Crippen molar-refractivity contribution in [3.63, 3.8) is 0 Å². The Bertz CT molecular complexity index is 802. The molecular formula is C17H12Br2FN. The van der Waals surface area contributed by atoms with Crippen LogP contribution in [0.15, 0.2) is 63.5 Å². The van der Waals surface area contributed by atoms with Crippen LogP contribution in [0.3, 0.4) is 0 Å². The molecule has 0 atom stereocenters. The first kappa shape index (κ1) is 14.5. The van der Waals surface area contributed by atoms with Crippen molar-refractivity contribution in [2.45, 2.75) is 6.54 Å². The monoisotopic (exact) mass is 407 g/mol. The molecule has 0 aliphatic heterocycles. The summed E-state index contributed by atoms with van der Waals surface area (Å²) in [6.07, 6.45) is 0. The highest BCUT2D eigenvalue weighted by molar-refractivity contribution is 9.11. The summed E-state index contributed by atoms with van der Waals surface area (Å²) in [4.78, 5) is 0. The molecule has 0 aromatic heterocycles. The van der Waals surface area contributed by atoms with Gasteiger partial charge in [0.1, 0.15) is 5.82 Å². The number of hydrogen-bond donors (Lipinski definition) is 1. The highest BCUT2D eigenvalue weighted by Gasteiger charge is 2.06. The zero-order valence-electron chi connectivity index (χ0n) is 11.0. The molecule has 1 N–H and O–H groups in total. The van der Waals surface area contributed by atoms with Gasteiger partial charge in [0, 0.05) is 32.1 Å². The Morgan fingerprint density at radius 3 is 2.43 bits per heavy atom. The molecule has 3 aromatic rings. The number of halogens is 3. The minimum Gasteiger partial charge on any atom is -0.380 e. The number of anilines is 1. The van der Waals surface area contributed by atoms with Crippen LogP contribution < -0.4 is 5.32 Å². The van der Waals surface area contributed by atoms with Crippen LogP contribution in [0.4, 0.5) is 10.1 Å². The van der Waals surface area contributed by atoms with Crippen LogP contribution in [0.1, 0.15) is 5.56 Å². The Balaban J connectivity index is 1.90. The molecule has 3 rings (SSSR count). The van der Waals surface area contributed by atoms with Crippen molar-refractivity contribution in [3.05, 3.63) is 74.9 Å².